The van der Waals surface area contributed by atoms with E-state index in [2.05, 4.69) is 5.32 Å². The fourth-order valence-corrected chi connectivity index (χ4v) is 2.69. The molecular weight excluding hydrogens is 240 g/mol. The summed E-state index contributed by atoms with van der Waals surface area (Å²) in [7, 11) is -2.00. The van der Waals surface area contributed by atoms with Crippen LogP contribution in [0.25, 0.3) is 0 Å². The second-order valence-corrected chi connectivity index (χ2v) is 5.79. The number of benzene rings is 1. The van der Waals surface area contributed by atoms with Crippen LogP contribution in [0, 0.1) is 0 Å². The maximum atomic E-state index is 11.6. The molecule has 1 amide bonds. The molecule has 0 saturated heterocycles. The van der Waals surface area contributed by atoms with Crippen LogP contribution in [0.2, 0.25) is 0 Å². The zero-order valence-electron chi connectivity index (χ0n) is 9.64. The van der Waals surface area contributed by atoms with Crippen molar-refractivity contribution in [1.82, 2.24) is 5.32 Å². The van der Waals surface area contributed by atoms with Gasteiger partial charge in [0.05, 0.1) is 5.75 Å². The Morgan fingerprint density at radius 3 is 2.24 bits per heavy atom. The lowest BCUT2D eigenvalue weighted by molar-refractivity contribution is -0.118. The van der Waals surface area contributed by atoms with Crippen molar-refractivity contribution < 1.29 is 13.2 Å². The van der Waals surface area contributed by atoms with E-state index in [4.69, 9.17) is 5.73 Å². The minimum atomic E-state index is -3.41. The second-order valence-electron chi connectivity index (χ2n) is 3.73. The van der Waals surface area contributed by atoms with E-state index in [0.29, 0.717) is 12.1 Å². The fourth-order valence-electron chi connectivity index (χ4n) is 1.35. The lowest BCUT2D eigenvalue weighted by Crippen LogP contribution is -2.27. The number of hydrogen-bond acceptors (Lipinski definition) is 4. The normalized spacial score (nSPS) is 11.2. The highest BCUT2D eigenvalue weighted by Gasteiger charge is 2.16. The fraction of sp³-hybridized carbons (Fsp3) is 0.364. The third-order valence-electron chi connectivity index (χ3n) is 2.28. The summed E-state index contributed by atoms with van der Waals surface area (Å²) >= 11 is 0. The summed E-state index contributed by atoms with van der Waals surface area (Å²) in [4.78, 5) is 11.0. The highest BCUT2D eigenvalue weighted by molar-refractivity contribution is 7.91. The van der Waals surface area contributed by atoms with Crippen LogP contribution in [-0.2, 0) is 26.9 Å². The van der Waals surface area contributed by atoms with Crippen LogP contribution in [0.1, 0.15) is 11.1 Å². The first-order valence-corrected chi connectivity index (χ1v) is 6.98. The number of carbonyl (C=O) groups excluding carboxylic acids is 1. The zero-order valence-corrected chi connectivity index (χ0v) is 10.5. The summed E-state index contributed by atoms with van der Waals surface area (Å²) in [6.45, 7) is 0.422. The summed E-state index contributed by atoms with van der Waals surface area (Å²) in [5.74, 6) is -1.11. The van der Waals surface area contributed by atoms with Crippen LogP contribution in [0.3, 0.4) is 0 Å². The molecule has 94 valence electrons. The van der Waals surface area contributed by atoms with E-state index in [1.807, 2.05) is 0 Å². The molecule has 5 nitrogen and oxygen atoms in total. The monoisotopic (exact) mass is 256 g/mol. The predicted molar refractivity (Wildman–Crippen MR) is 65.9 cm³/mol. The van der Waals surface area contributed by atoms with Crippen molar-refractivity contribution >= 4 is 15.7 Å². The quantitative estimate of drug-likeness (QED) is 0.764. The average Bonchev–Trinajstić information content (AvgIpc) is 2.28. The Hall–Kier alpha value is -1.40. The Balaban J connectivity index is 2.72. The molecule has 6 heteroatoms. The lowest BCUT2D eigenvalue weighted by Gasteiger charge is -2.04. The summed E-state index contributed by atoms with van der Waals surface area (Å²) in [5, 5.41) is 2.29. The van der Waals surface area contributed by atoms with Gasteiger partial charge in [0.2, 0.25) is 5.91 Å². The van der Waals surface area contributed by atoms with E-state index in [1.54, 1.807) is 24.3 Å². The van der Waals surface area contributed by atoms with Crippen molar-refractivity contribution in [2.75, 3.05) is 12.8 Å². The van der Waals surface area contributed by atoms with Crippen molar-refractivity contribution in [3.05, 3.63) is 35.4 Å². The molecule has 0 aliphatic carbocycles. The molecule has 0 heterocycles. The molecule has 0 radical (unpaired) electrons. The third kappa shape index (κ3) is 4.54. The summed E-state index contributed by atoms with van der Waals surface area (Å²) in [6, 6.07) is 6.99. The smallest absolute Gasteiger partial charge is 0.234 e. The minimum absolute atomic E-state index is 0.134. The molecule has 0 fully saturated rings. The van der Waals surface area contributed by atoms with E-state index < -0.39 is 21.5 Å². The van der Waals surface area contributed by atoms with Crippen LogP contribution in [-0.4, -0.2) is 27.1 Å². The van der Waals surface area contributed by atoms with E-state index in [1.165, 1.54) is 7.05 Å². The van der Waals surface area contributed by atoms with Crippen molar-refractivity contribution in [2.45, 2.75) is 12.3 Å². The van der Waals surface area contributed by atoms with Crippen LogP contribution >= 0.6 is 0 Å². The number of nitrogens with one attached hydrogen (secondary N) is 1. The van der Waals surface area contributed by atoms with Gasteiger partial charge in [-0.1, -0.05) is 24.3 Å². The molecule has 0 atom stereocenters. The summed E-state index contributed by atoms with van der Waals surface area (Å²) in [5.41, 5.74) is 7.04. The minimum Gasteiger partial charge on any atom is -0.358 e. The Bertz CT molecular complexity index is 480. The first kappa shape index (κ1) is 13.7. The third-order valence-corrected chi connectivity index (χ3v) is 3.75. The van der Waals surface area contributed by atoms with Crippen molar-refractivity contribution in [2.24, 2.45) is 5.73 Å². The molecule has 3 N–H and O–H groups in total. The lowest BCUT2D eigenvalue weighted by atomic mass is 10.1. The predicted octanol–water partition coefficient (Wildman–Crippen LogP) is -0.194. The highest BCUT2D eigenvalue weighted by atomic mass is 32.2. The standard InChI is InChI=1S/C11H16N2O3S/c1-13-11(14)8-17(15,16)7-10-4-2-9(6-12)3-5-10/h2-5H,6-8,12H2,1H3,(H,13,14). The van der Waals surface area contributed by atoms with E-state index >= 15 is 0 Å². The molecule has 1 aromatic carbocycles. The topological polar surface area (TPSA) is 89.3 Å². The van der Waals surface area contributed by atoms with Gasteiger partial charge in [-0.25, -0.2) is 8.42 Å². The Kier molecular flexibility index (Phi) is 4.65. The number of carbonyl (C=O) groups is 1. The van der Waals surface area contributed by atoms with Gasteiger partial charge in [0.1, 0.15) is 5.75 Å². The molecule has 1 aromatic rings. The Labute approximate surface area is 101 Å². The van der Waals surface area contributed by atoms with Gasteiger partial charge in [-0.2, -0.15) is 0 Å². The summed E-state index contributed by atoms with van der Waals surface area (Å²) < 4.78 is 23.3. The molecule has 0 bridgehead atoms. The average molecular weight is 256 g/mol. The molecule has 0 aromatic heterocycles. The molecule has 0 unspecified atom stereocenters. The highest BCUT2D eigenvalue weighted by Crippen LogP contribution is 2.08. The largest absolute Gasteiger partial charge is 0.358 e. The maximum absolute atomic E-state index is 11.6. The van der Waals surface area contributed by atoms with Crippen LogP contribution in [0.4, 0.5) is 0 Å². The zero-order chi connectivity index (χ0) is 12.9. The van der Waals surface area contributed by atoms with Crippen LogP contribution in [0.5, 0.6) is 0 Å². The van der Waals surface area contributed by atoms with Gasteiger partial charge >= 0.3 is 0 Å². The van der Waals surface area contributed by atoms with Gasteiger partial charge in [-0.3, -0.25) is 4.79 Å². The van der Waals surface area contributed by atoms with Gasteiger partial charge in [0, 0.05) is 13.6 Å². The molecule has 17 heavy (non-hydrogen) atoms. The number of rotatable bonds is 5. The van der Waals surface area contributed by atoms with Crippen molar-refractivity contribution in [3.63, 3.8) is 0 Å². The molecule has 0 aliphatic rings. The maximum Gasteiger partial charge on any atom is 0.234 e. The van der Waals surface area contributed by atoms with Gasteiger partial charge in [-0.15, -0.1) is 0 Å². The van der Waals surface area contributed by atoms with Crippen molar-refractivity contribution in [3.8, 4) is 0 Å². The molecular formula is C11H16N2O3S. The van der Waals surface area contributed by atoms with Crippen molar-refractivity contribution in [1.29, 1.82) is 0 Å². The Morgan fingerprint density at radius 2 is 1.76 bits per heavy atom. The molecule has 0 saturated carbocycles. The van der Waals surface area contributed by atoms with Crippen LogP contribution < -0.4 is 11.1 Å². The van der Waals surface area contributed by atoms with Gasteiger partial charge < -0.3 is 11.1 Å². The van der Waals surface area contributed by atoms with Crippen LogP contribution in [0.15, 0.2) is 24.3 Å². The van der Waals surface area contributed by atoms with Gasteiger partial charge in [-0.05, 0) is 11.1 Å². The van der Waals surface area contributed by atoms with E-state index in [0.717, 1.165) is 5.56 Å². The number of sulfone groups is 1. The van der Waals surface area contributed by atoms with Gasteiger partial charge in [0.15, 0.2) is 9.84 Å². The van der Waals surface area contributed by atoms with E-state index in [-0.39, 0.29) is 5.75 Å². The summed E-state index contributed by atoms with van der Waals surface area (Å²) in [6.07, 6.45) is 0. The first-order valence-electron chi connectivity index (χ1n) is 5.16. The number of amides is 1. The second kappa shape index (κ2) is 5.79. The molecule has 0 aliphatic heterocycles. The number of hydrogen-bond donors (Lipinski definition) is 2. The van der Waals surface area contributed by atoms with E-state index in [9.17, 15) is 13.2 Å². The Morgan fingerprint density at radius 1 is 1.24 bits per heavy atom. The first-order chi connectivity index (χ1) is 7.96. The molecule has 1 rings (SSSR count). The van der Waals surface area contributed by atoms with Gasteiger partial charge in [0.25, 0.3) is 0 Å². The molecule has 0 spiro atoms. The number of nitrogens with two attached hydrogens (primary N) is 1. The SMILES string of the molecule is CNC(=O)CS(=O)(=O)Cc1ccc(CN)cc1.